The average molecular weight is 284 g/mol. The van der Waals surface area contributed by atoms with Crippen molar-refractivity contribution < 1.29 is 4.92 Å². The number of nitro benzene ring substituents is 1. The fourth-order valence-electron chi connectivity index (χ4n) is 1.41. The molecule has 0 radical (unpaired) electrons. The van der Waals surface area contributed by atoms with Crippen molar-refractivity contribution in [1.29, 1.82) is 0 Å². The van der Waals surface area contributed by atoms with E-state index < -0.39 is 4.92 Å². The van der Waals surface area contributed by atoms with Gasteiger partial charge in [0.25, 0.3) is 5.69 Å². The molecule has 2 aromatic rings. The number of benzene rings is 1. The molecular weight excluding hydrogens is 277 g/mol. The van der Waals surface area contributed by atoms with Crippen LogP contribution in [0.4, 0.5) is 5.69 Å². The molecule has 0 bridgehead atoms. The maximum Gasteiger partial charge on any atom is 0.280 e. The summed E-state index contributed by atoms with van der Waals surface area (Å²) in [6, 6.07) is 6.15. The summed E-state index contributed by atoms with van der Waals surface area (Å²) in [5.74, 6) is 0.142. The molecule has 0 unspecified atom stereocenters. The van der Waals surface area contributed by atoms with E-state index in [0.717, 1.165) is 0 Å². The van der Waals surface area contributed by atoms with E-state index in [1.54, 1.807) is 25.1 Å². The van der Waals surface area contributed by atoms with Gasteiger partial charge in [0.15, 0.2) is 5.82 Å². The van der Waals surface area contributed by atoms with Gasteiger partial charge in [0.2, 0.25) is 0 Å². The normalized spacial score (nSPS) is 10.4. The molecule has 7 heteroatoms. The molecule has 5 nitrogen and oxygen atoms in total. The summed E-state index contributed by atoms with van der Waals surface area (Å²) in [5.41, 5.74) is 0.737. The van der Waals surface area contributed by atoms with Gasteiger partial charge in [0.1, 0.15) is 10.3 Å². The lowest BCUT2D eigenvalue weighted by Crippen LogP contribution is -1.97. The van der Waals surface area contributed by atoms with Gasteiger partial charge >= 0.3 is 0 Å². The topological polar surface area (TPSA) is 68.9 Å². The lowest BCUT2D eigenvalue weighted by atomic mass is 10.1. The Hall–Kier alpha value is -1.72. The Bertz CT molecular complexity index is 608. The van der Waals surface area contributed by atoms with Crippen LogP contribution in [0.15, 0.2) is 24.3 Å². The molecule has 0 spiro atoms. The van der Waals surface area contributed by atoms with Crippen LogP contribution in [0.2, 0.25) is 10.3 Å². The third-order valence-electron chi connectivity index (χ3n) is 2.37. The third-order valence-corrected chi connectivity index (χ3v) is 3.10. The lowest BCUT2D eigenvalue weighted by molar-refractivity contribution is -0.384. The molecule has 0 amide bonds. The van der Waals surface area contributed by atoms with Gasteiger partial charge in [-0.05, 0) is 13.0 Å². The van der Waals surface area contributed by atoms with Crippen LogP contribution in [-0.2, 0) is 0 Å². The highest BCUT2D eigenvalue weighted by Crippen LogP contribution is 2.30. The van der Waals surface area contributed by atoms with Crippen LogP contribution >= 0.6 is 23.2 Å². The highest BCUT2D eigenvalue weighted by molar-refractivity contribution is 6.34. The standard InChI is InChI=1S/C11H7Cl2N3O2/c1-6-9(12)14-11(15-10(6)13)7-4-2-3-5-8(7)16(17)18/h2-5H,1H3. The van der Waals surface area contributed by atoms with E-state index >= 15 is 0 Å². The molecule has 0 atom stereocenters. The molecule has 92 valence electrons. The van der Waals surface area contributed by atoms with E-state index in [1.807, 2.05) is 0 Å². The number of rotatable bonds is 2. The first-order chi connectivity index (χ1) is 8.50. The summed E-state index contributed by atoms with van der Waals surface area (Å²) in [7, 11) is 0. The Kier molecular flexibility index (Phi) is 3.45. The molecule has 0 N–H and O–H groups in total. The summed E-state index contributed by atoms with van der Waals surface area (Å²) in [6.07, 6.45) is 0. The van der Waals surface area contributed by atoms with E-state index in [4.69, 9.17) is 23.2 Å². The SMILES string of the molecule is Cc1c(Cl)nc(-c2ccccc2[N+](=O)[O-])nc1Cl. The largest absolute Gasteiger partial charge is 0.280 e. The molecule has 1 aromatic heterocycles. The lowest BCUT2D eigenvalue weighted by Gasteiger charge is -2.05. The molecule has 0 aliphatic carbocycles. The molecule has 0 aliphatic rings. The Morgan fingerprint density at radius 2 is 1.72 bits per heavy atom. The van der Waals surface area contributed by atoms with Gasteiger partial charge in [-0.2, -0.15) is 0 Å². The number of para-hydroxylation sites is 1. The zero-order chi connectivity index (χ0) is 13.3. The van der Waals surface area contributed by atoms with E-state index in [1.165, 1.54) is 6.07 Å². The highest BCUT2D eigenvalue weighted by Gasteiger charge is 2.18. The molecule has 2 rings (SSSR count). The number of aromatic nitrogens is 2. The molecule has 18 heavy (non-hydrogen) atoms. The molecule has 1 aromatic carbocycles. The van der Waals surface area contributed by atoms with Gasteiger partial charge in [0.05, 0.1) is 10.5 Å². The van der Waals surface area contributed by atoms with Crippen molar-refractivity contribution in [3.8, 4) is 11.4 Å². The first kappa shape index (κ1) is 12.7. The quantitative estimate of drug-likeness (QED) is 0.479. The van der Waals surface area contributed by atoms with Crippen LogP contribution in [-0.4, -0.2) is 14.9 Å². The van der Waals surface area contributed by atoms with Crippen LogP contribution in [0.1, 0.15) is 5.56 Å². The number of nitro groups is 1. The van der Waals surface area contributed by atoms with Crippen LogP contribution < -0.4 is 0 Å². The zero-order valence-corrected chi connectivity index (χ0v) is 10.7. The maximum atomic E-state index is 10.9. The van der Waals surface area contributed by atoms with Crippen molar-refractivity contribution in [3.05, 3.63) is 50.2 Å². The van der Waals surface area contributed by atoms with E-state index in [2.05, 4.69) is 9.97 Å². The summed E-state index contributed by atoms with van der Waals surface area (Å²) >= 11 is 11.8. The van der Waals surface area contributed by atoms with E-state index in [-0.39, 0.29) is 27.4 Å². The Balaban J connectivity index is 2.66. The van der Waals surface area contributed by atoms with E-state index in [0.29, 0.717) is 5.56 Å². The van der Waals surface area contributed by atoms with Crippen molar-refractivity contribution >= 4 is 28.9 Å². The summed E-state index contributed by atoms with van der Waals surface area (Å²) in [5, 5.41) is 11.3. The van der Waals surface area contributed by atoms with Crippen molar-refractivity contribution in [1.82, 2.24) is 9.97 Å². The van der Waals surface area contributed by atoms with Crippen LogP contribution in [0.25, 0.3) is 11.4 Å². The van der Waals surface area contributed by atoms with Crippen molar-refractivity contribution in [2.75, 3.05) is 0 Å². The summed E-state index contributed by atoms with van der Waals surface area (Å²) in [4.78, 5) is 18.4. The summed E-state index contributed by atoms with van der Waals surface area (Å²) in [6.45, 7) is 1.67. The molecule has 0 saturated carbocycles. The number of nitrogens with zero attached hydrogens (tertiary/aromatic N) is 3. The maximum absolute atomic E-state index is 10.9. The van der Waals surface area contributed by atoms with Crippen LogP contribution in [0.5, 0.6) is 0 Å². The molecular formula is C11H7Cl2N3O2. The minimum absolute atomic E-state index is 0.0894. The highest BCUT2D eigenvalue weighted by atomic mass is 35.5. The first-order valence-electron chi connectivity index (χ1n) is 4.94. The molecule has 0 aliphatic heterocycles. The second kappa shape index (κ2) is 4.88. The monoisotopic (exact) mass is 283 g/mol. The van der Waals surface area contributed by atoms with Crippen molar-refractivity contribution in [2.24, 2.45) is 0 Å². The second-order valence-electron chi connectivity index (χ2n) is 3.53. The third kappa shape index (κ3) is 2.27. The fourth-order valence-corrected chi connectivity index (χ4v) is 1.79. The van der Waals surface area contributed by atoms with Gasteiger partial charge in [-0.3, -0.25) is 10.1 Å². The van der Waals surface area contributed by atoms with Gasteiger partial charge in [0, 0.05) is 11.6 Å². The minimum Gasteiger partial charge on any atom is -0.258 e. The predicted molar refractivity (Wildman–Crippen MR) is 68.9 cm³/mol. The summed E-state index contributed by atoms with van der Waals surface area (Å²) < 4.78 is 0. The fraction of sp³-hybridized carbons (Fsp3) is 0.0909. The first-order valence-corrected chi connectivity index (χ1v) is 5.69. The number of halogens is 2. The zero-order valence-electron chi connectivity index (χ0n) is 9.22. The number of hydrogen-bond acceptors (Lipinski definition) is 4. The van der Waals surface area contributed by atoms with Crippen LogP contribution in [0, 0.1) is 17.0 Å². The van der Waals surface area contributed by atoms with Gasteiger partial charge in [-0.25, -0.2) is 9.97 Å². The number of hydrogen-bond donors (Lipinski definition) is 0. The molecule has 0 saturated heterocycles. The van der Waals surface area contributed by atoms with Gasteiger partial charge < -0.3 is 0 Å². The van der Waals surface area contributed by atoms with Gasteiger partial charge in [-0.15, -0.1) is 0 Å². The van der Waals surface area contributed by atoms with Gasteiger partial charge in [-0.1, -0.05) is 35.3 Å². The minimum atomic E-state index is -0.500. The smallest absolute Gasteiger partial charge is 0.258 e. The molecule has 0 fully saturated rings. The van der Waals surface area contributed by atoms with E-state index in [9.17, 15) is 10.1 Å². The molecule has 1 heterocycles. The average Bonchev–Trinajstić information content (AvgIpc) is 2.35. The predicted octanol–water partition coefficient (Wildman–Crippen LogP) is 3.67. The Morgan fingerprint density at radius 3 is 2.28 bits per heavy atom. The Labute approximate surface area is 113 Å². The van der Waals surface area contributed by atoms with Crippen molar-refractivity contribution in [2.45, 2.75) is 6.92 Å². The van der Waals surface area contributed by atoms with Crippen molar-refractivity contribution in [3.63, 3.8) is 0 Å². The second-order valence-corrected chi connectivity index (χ2v) is 4.24. The Morgan fingerprint density at radius 1 is 1.17 bits per heavy atom. The van der Waals surface area contributed by atoms with Crippen LogP contribution in [0.3, 0.4) is 0 Å².